The van der Waals surface area contributed by atoms with Gasteiger partial charge < -0.3 is 4.90 Å². The molecule has 0 bridgehead atoms. The minimum atomic E-state index is 0.630. The van der Waals surface area contributed by atoms with Gasteiger partial charge in [-0.05, 0) is 50.6 Å². The molecule has 1 aliphatic heterocycles. The molecule has 4 rings (SSSR count). The van der Waals surface area contributed by atoms with Gasteiger partial charge in [0, 0.05) is 56.4 Å². The molecule has 1 aromatic carbocycles. The van der Waals surface area contributed by atoms with E-state index in [9.17, 15) is 0 Å². The van der Waals surface area contributed by atoms with Crippen LogP contribution in [0.25, 0.3) is 11.3 Å². The summed E-state index contributed by atoms with van der Waals surface area (Å²) >= 11 is 0. The van der Waals surface area contributed by atoms with Crippen LogP contribution in [0.3, 0.4) is 0 Å². The van der Waals surface area contributed by atoms with Gasteiger partial charge in [-0.1, -0.05) is 12.1 Å². The Kier molecular flexibility index (Phi) is 4.99. The first kappa shape index (κ1) is 17.8. The number of hydrogen-bond donors (Lipinski definition) is 1. The molecule has 0 saturated carbocycles. The molecule has 0 spiro atoms. The largest absolute Gasteiger partial charge is 0.371 e. The Bertz CT molecular complexity index is 857. The standard InChI is InChI=1S/C21H28N6/c1-16-18(15-26(3)24-16)14-25(2)19-9-12-27(13-10-19)20-6-4-17(5-7-20)21-8-11-22-23-21/h4-8,11,15,19H,9-10,12-14H2,1-3H3,(H,22,23). The first-order valence-electron chi connectivity index (χ1n) is 9.64. The SMILES string of the molecule is Cc1nn(C)cc1CN(C)C1CCN(c2ccc(-c3ccn[nH]3)cc2)CC1. The van der Waals surface area contributed by atoms with Crippen molar-refractivity contribution in [3.8, 4) is 11.3 Å². The van der Waals surface area contributed by atoms with Crippen molar-refractivity contribution in [1.29, 1.82) is 0 Å². The predicted octanol–water partition coefficient (Wildman–Crippen LogP) is 3.22. The second-order valence-electron chi connectivity index (χ2n) is 7.56. The minimum absolute atomic E-state index is 0.630. The number of benzene rings is 1. The quantitative estimate of drug-likeness (QED) is 0.755. The van der Waals surface area contributed by atoms with E-state index in [2.05, 4.69) is 69.5 Å². The van der Waals surface area contributed by atoms with Crippen molar-refractivity contribution in [2.45, 2.75) is 32.4 Å². The van der Waals surface area contributed by atoms with Gasteiger partial charge in [-0.2, -0.15) is 10.2 Å². The zero-order valence-electron chi connectivity index (χ0n) is 16.4. The summed E-state index contributed by atoms with van der Waals surface area (Å²) < 4.78 is 1.91. The molecule has 0 radical (unpaired) electrons. The van der Waals surface area contributed by atoms with Gasteiger partial charge in [0.15, 0.2) is 0 Å². The molecule has 6 heteroatoms. The van der Waals surface area contributed by atoms with Gasteiger partial charge in [0.25, 0.3) is 0 Å². The minimum Gasteiger partial charge on any atom is -0.371 e. The zero-order chi connectivity index (χ0) is 18.8. The van der Waals surface area contributed by atoms with E-state index in [-0.39, 0.29) is 0 Å². The number of anilines is 1. The Balaban J connectivity index is 1.34. The fourth-order valence-electron chi connectivity index (χ4n) is 4.03. The van der Waals surface area contributed by atoms with Crippen molar-refractivity contribution >= 4 is 5.69 Å². The van der Waals surface area contributed by atoms with Crippen molar-refractivity contribution in [3.63, 3.8) is 0 Å². The van der Waals surface area contributed by atoms with Crippen molar-refractivity contribution in [1.82, 2.24) is 24.9 Å². The molecule has 3 heterocycles. The molecule has 142 valence electrons. The maximum Gasteiger partial charge on any atom is 0.0650 e. The lowest BCUT2D eigenvalue weighted by Crippen LogP contribution is -2.43. The third-order valence-corrected chi connectivity index (χ3v) is 5.67. The van der Waals surface area contributed by atoms with E-state index in [0.717, 1.165) is 31.0 Å². The maximum atomic E-state index is 4.46. The zero-order valence-corrected chi connectivity index (χ0v) is 16.4. The highest BCUT2D eigenvalue weighted by atomic mass is 15.3. The number of aryl methyl sites for hydroxylation is 2. The maximum absolute atomic E-state index is 4.46. The molecule has 1 aliphatic rings. The van der Waals surface area contributed by atoms with Crippen LogP contribution in [0.5, 0.6) is 0 Å². The van der Waals surface area contributed by atoms with E-state index < -0.39 is 0 Å². The average Bonchev–Trinajstić information content (AvgIpc) is 3.32. The van der Waals surface area contributed by atoms with E-state index in [1.807, 2.05) is 17.8 Å². The molecule has 3 aromatic rings. The molecule has 6 nitrogen and oxygen atoms in total. The number of piperidine rings is 1. The second-order valence-corrected chi connectivity index (χ2v) is 7.56. The highest BCUT2D eigenvalue weighted by Gasteiger charge is 2.23. The van der Waals surface area contributed by atoms with E-state index in [1.165, 1.54) is 29.7 Å². The molecular formula is C21H28N6. The van der Waals surface area contributed by atoms with Crippen LogP contribution in [0.1, 0.15) is 24.1 Å². The number of H-pyrrole nitrogens is 1. The van der Waals surface area contributed by atoms with Crippen molar-refractivity contribution in [2.75, 3.05) is 25.0 Å². The summed E-state index contributed by atoms with van der Waals surface area (Å²) in [4.78, 5) is 4.99. The smallest absolute Gasteiger partial charge is 0.0650 e. The monoisotopic (exact) mass is 364 g/mol. The Morgan fingerprint density at radius 2 is 1.89 bits per heavy atom. The molecule has 1 fully saturated rings. The van der Waals surface area contributed by atoms with E-state index in [1.54, 1.807) is 6.20 Å². The number of aromatic nitrogens is 4. The number of hydrogen-bond acceptors (Lipinski definition) is 4. The highest BCUT2D eigenvalue weighted by molar-refractivity contribution is 5.62. The van der Waals surface area contributed by atoms with Crippen molar-refractivity contribution < 1.29 is 0 Å². The third kappa shape index (κ3) is 3.90. The van der Waals surface area contributed by atoms with E-state index in [0.29, 0.717) is 6.04 Å². The second kappa shape index (κ2) is 7.56. The number of nitrogens with zero attached hydrogens (tertiary/aromatic N) is 5. The molecule has 0 amide bonds. The Labute approximate surface area is 160 Å². The van der Waals surface area contributed by atoms with Crippen LogP contribution in [0.2, 0.25) is 0 Å². The molecular weight excluding hydrogens is 336 g/mol. The first-order chi connectivity index (χ1) is 13.1. The summed E-state index contributed by atoms with van der Waals surface area (Å²) in [5.41, 5.74) is 6.02. The van der Waals surface area contributed by atoms with Gasteiger partial charge in [0.1, 0.15) is 0 Å². The summed E-state index contributed by atoms with van der Waals surface area (Å²) in [6.07, 6.45) is 6.32. The van der Waals surface area contributed by atoms with Gasteiger partial charge in [-0.15, -0.1) is 0 Å². The van der Waals surface area contributed by atoms with Gasteiger partial charge in [0.05, 0.1) is 11.4 Å². The lowest BCUT2D eigenvalue weighted by Gasteiger charge is -2.38. The molecule has 0 unspecified atom stereocenters. The fraction of sp³-hybridized carbons (Fsp3) is 0.429. The van der Waals surface area contributed by atoms with Crippen molar-refractivity contribution in [3.05, 3.63) is 54.0 Å². The summed E-state index contributed by atoms with van der Waals surface area (Å²) in [5.74, 6) is 0. The number of nitrogens with one attached hydrogen (secondary N) is 1. The summed E-state index contributed by atoms with van der Waals surface area (Å²) in [7, 11) is 4.23. The Morgan fingerprint density at radius 3 is 2.48 bits per heavy atom. The molecule has 0 atom stereocenters. The Morgan fingerprint density at radius 1 is 1.15 bits per heavy atom. The highest BCUT2D eigenvalue weighted by Crippen LogP contribution is 2.26. The van der Waals surface area contributed by atoms with Crippen LogP contribution < -0.4 is 4.90 Å². The van der Waals surface area contributed by atoms with Crippen LogP contribution in [-0.4, -0.2) is 51.1 Å². The predicted molar refractivity (Wildman–Crippen MR) is 109 cm³/mol. The summed E-state index contributed by atoms with van der Waals surface area (Å²) in [5, 5.41) is 11.5. The topological polar surface area (TPSA) is 53.0 Å². The molecule has 27 heavy (non-hydrogen) atoms. The van der Waals surface area contributed by atoms with Crippen LogP contribution >= 0.6 is 0 Å². The lowest BCUT2D eigenvalue weighted by atomic mass is 10.0. The van der Waals surface area contributed by atoms with Gasteiger partial charge >= 0.3 is 0 Å². The summed E-state index contributed by atoms with van der Waals surface area (Å²) in [6, 6.07) is 11.4. The van der Waals surface area contributed by atoms with Crippen LogP contribution in [0.15, 0.2) is 42.7 Å². The fourth-order valence-corrected chi connectivity index (χ4v) is 4.03. The lowest BCUT2D eigenvalue weighted by molar-refractivity contribution is 0.200. The van der Waals surface area contributed by atoms with Gasteiger partial charge in [-0.25, -0.2) is 0 Å². The molecule has 1 N–H and O–H groups in total. The third-order valence-electron chi connectivity index (χ3n) is 5.67. The number of rotatable bonds is 5. The van der Waals surface area contributed by atoms with Crippen molar-refractivity contribution in [2.24, 2.45) is 7.05 Å². The Hall–Kier alpha value is -2.60. The van der Waals surface area contributed by atoms with Crippen LogP contribution in [0, 0.1) is 6.92 Å². The van der Waals surface area contributed by atoms with Gasteiger partial charge in [-0.3, -0.25) is 14.7 Å². The van der Waals surface area contributed by atoms with Gasteiger partial charge in [0.2, 0.25) is 0 Å². The number of aromatic amines is 1. The molecule has 0 aliphatic carbocycles. The summed E-state index contributed by atoms with van der Waals surface area (Å²) in [6.45, 7) is 5.27. The molecule has 1 saturated heterocycles. The average molecular weight is 364 g/mol. The molecule has 2 aromatic heterocycles. The van der Waals surface area contributed by atoms with E-state index in [4.69, 9.17) is 0 Å². The van der Waals surface area contributed by atoms with Crippen LogP contribution in [0.4, 0.5) is 5.69 Å². The van der Waals surface area contributed by atoms with E-state index >= 15 is 0 Å². The van der Waals surface area contributed by atoms with Crippen LogP contribution in [-0.2, 0) is 13.6 Å². The first-order valence-corrected chi connectivity index (χ1v) is 9.64. The normalized spacial score (nSPS) is 15.6.